The van der Waals surface area contributed by atoms with E-state index in [0.717, 1.165) is 24.2 Å². The van der Waals surface area contributed by atoms with Crippen LogP contribution in [0.3, 0.4) is 0 Å². The normalized spacial score (nSPS) is 12.2. The zero-order chi connectivity index (χ0) is 15.2. The van der Waals surface area contributed by atoms with E-state index < -0.39 is 0 Å². The molecule has 0 amide bonds. The van der Waals surface area contributed by atoms with E-state index in [1.165, 1.54) is 5.56 Å². The van der Waals surface area contributed by atoms with Crippen molar-refractivity contribution in [3.8, 4) is 5.75 Å². The van der Waals surface area contributed by atoms with Crippen LogP contribution in [0.1, 0.15) is 22.7 Å². The molecule has 2 rings (SSSR count). The summed E-state index contributed by atoms with van der Waals surface area (Å²) in [5.74, 6) is 0.707. The van der Waals surface area contributed by atoms with Crippen LogP contribution in [0.15, 0.2) is 42.5 Å². The average molecular weight is 306 g/mol. The fourth-order valence-corrected chi connectivity index (χ4v) is 2.40. The first kappa shape index (κ1) is 15.8. The highest BCUT2D eigenvalue weighted by Crippen LogP contribution is 2.30. The first-order valence-electron chi connectivity index (χ1n) is 6.82. The maximum Gasteiger partial charge on any atom is 0.125 e. The average Bonchev–Trinajstić information content (AvgIpc) is 2.52. The van der Waals surface area contributed by atoms with E-state index in [9.17, 15) is 0 Å². The zero-order valence-corrected chi connectivity index (χ0v) is 13.1. The fraction of sp³-hybridized carbons (Fsp3) is 0.294. The summed E-state index contributed by atoms with van der Waals surface area (Å²) in [5.41, 5.74) is 9.54. The van der Waals surface area contributed by atoms with Gasteiger partial charge in [0, 0.05) is 17.7 Å². The smallest absolute Gasteiger partial charge is 0.125 e. The van der Waals surface area contributed by atoms with Crippen LogP contribution in [0.5, 0.6) is 5.75 Å². The van der Waals surface area contributed by atoms with Crippen LogP contribution < -0.4 is 10.5 Å². The van der Waals surface area contributed by atoms with Crippen molar-refractivity contribution in [2.24, 2.45) is 5.73 Å². The molecule has 0 radical (unpaired) electrons. The molecule has 0 spiro atoms. The predicted molar refractivity (Wildman–Crippen MR) is 86.1 cm³/mol. The molecule has 2 aromatic carbocycles. The maximum atomic E-state index is 6.35. The Bertz CT molecular complexity index is 584. The molecule has 1 atom stereocenters. The minimum Gasteiger partial charge on any atom is -0.496 e. The summed E-state index contributed by atoms with van der Waals surface area (Å²) in [5, 5.41) is 0.637. The second kappa shape index (κ2) is 7.46. The summed E-state index contributed by atoms with van der Waals surface area (Å²) >= 11 is 5.98. The van der Waals surface area contributed by atoms with E-state index in [1.807, 2.05) is 24.3 Å². The van der Waals surface area contributed by atoms with Gasteiger partial charge >= 0.3 is 0 Å². The lowest BCUT2D eigenvalue weighted by atomic mass is 9.97. The molecule has 0 bridgehead atoms. The monoisotopic (exact) mass is 305 g/mol. The highest BCUT2D eigenvalue weighted by Gasteiger charge is 2.14. The van der Waals surface area contributed by atoms with Gasteiger partial charge < -0.3 is 15.2 Å². The number of hydrogen-bond donors (Lipinski definition) is 1. The zero-order valence-electron chi connectivity index (χ0n) is 12.3. The molecule has 0 saturated heterocycles. The van der Waals surface area contributed by atoms with Crippen molar-refractivity contribution >= 4 is 11.6 Å². The van der Waals surface area contributed by atoms with Gasteiger partial charge in [0.2, 0.25) is 0 Å². The Morgan fingerprint density at radius 1 is 1.10 bits per heavy atom. The van der Waals surface area contributed by atoms with E-state index in [2.05, 4.69) is 12.1 Å². The van der Waals surface area contributed by atoms with Gasteiger partial charge in [0.15, 0.2) is 0 Å². The van der Waals surface area contributed by atoms with Crippen LogP contribution in [0, 0.1) is 0 Å². The minimum atomic E-state index is -0.242. The van der Waals surface area contributed by atoms with Crippen molar-refractivity contribution in [1.82, 2.24) is 0 Å². The van der Waals surface area contributed by atoms with Crippen LogP contribution in [-0.4, -0.2) is 20.8 Å². The molecule has 2 N–H and O–H groups in total. The van der Waals surface area contributed by atoms with E-state index in [0.29, 0.717) is 10.8 Å². The van der Waals surface area contributed by atoms with Crippen molar-refractivity contribution < 1.29 is 9.47 Å². The van der Waals surface area contributed by atoms with Gasteiger partial charge in [-0.15, -0.1) is 0 Å². The largest absolute Gasteiger partial charge is 0.496 e. The summed E-state index contributed by atoms with van der Waals surface area (Å²) < 4.78 is 10.4. The fourth-order valence-electron chi connectivity index (χ4n) is 2.23. The molecule has 0 aliphatic rings. The van der Waals surface area contributed by atoms with Gasteiger partial charge in [0.1, 0.15) is 5.75 Å². The molecular formula is C17H20ClNO2. The van der Waals surface area contributed by atoms with Gasteiger partial charge in [-0.05, 0) is 29.7 Å². The van der Waals surface area contributed by atoms with Gasteiger partial charge in [-0.2, -0.15) is 0 Å². The Kier molecular flexibility index (Phi) is 5.62. The summed E-state index contributed by atoms with van der Waals surface area (Å²) in [4.78, 5) is 0. The molecule has 0 saturated carbocycles. The molecule has 3 nitrogen and oxygen atoms in total. The Balaban J connectivity index is 2.21. The highest BCUT2D eigenvalue weighted by atomic mass is 35.5. The van der Waals surface area contributed by atoms with Crippen molar-refractivity contribution in [2.75, 3.05) is 20.8 Å². The van der Waals surface area contributed by atoms with Crippen LogP contribution in [0.4, 0.5) is 0 Å². The van der Waals surface area contributed by atoms with Gasteiger partial charge in [0.05, 0.1) is 19.8 Å². The molecule has 0 heterocycles. The number of halogens is 1. The molecular weight excluding hydrogens is 286 g/mol. The molecule has 112 valence electrons. The molecule has 2 aromatic rings. The third kappa shape index (κ3) is 3.97. The van der Waals surface area contributed by atoms with Crippen molar-refractivity contribution in [3.63, 3.8) is 0 Å². The van der Waals surface area contributed by atoms with Gasteiger partial charge in [0.25, 0.3) is 0 Å². The first-order chi connectivity index (χ1) is 10.2. The third-order valence-corrected chi connectivity index (χ3v) is 3.70. The van der Waals surface area contributed by atoms with Crippen LogP contribution in [-0.2, 0) is 11.2 Å². The van der Waals surface area contributed by atoms with Crippen molar-refractivity contribution in [2.45, 2.75) is 12.5 Å². The molecule has 0 aliphatic carbocycles. The topological polar surface area (TPSA) is 44.5 Å². The Hall–Kier alpha value is -1.55. The lowest BCUT2D eigenvalue weighted by molar-refractivity contribution is 0.202. The lowest BCUT2D eigenvalue weighted by Crippen LogP contribution is -2.13. The quantitative estimate of drug-likeness (QED) is 0.887. The second-order valence-corrected chi connectivity index (χ2v) is 5.28. The maximum absolute atomic E-state index is 6.35. The first-order valence-corrected chi connectivity index (χ1v) is 7.20. The predicted octanol–water partition coefficient (Wildman–Crippen LogP) is 3.59. The molecule has 21 heavy (non-hydrogen) atoms. The Morgan fingerprint density at radius 3 is 2.43 bits per heavy atom. The SMILES string of the molecule is COCCc1ccc(C(N)c2ccc(Cl)cc2OC)cc1. The Labute approximate surface area is 130 Å². The number of nitrogens with two attached hydrogens (primary N) is 1. The number of rotatable bonds is 6. The highest BCUT2D eigenvalue weighted by molar-refractivity contribution is 6.30. The third-order valence-electron chi connectivity index (χ3n) is 3.46. The number of methoxy groups -OCH3 is 2. The van der Waals surface area contributed by atoms with Crippen LogP contribution in [0.2, 0.25) is 5.02 Å². The molecule has 0 aliphatic heterocycles. The standard InChI is InChI=1S/C17H20ClNO2/c1-20-10-9-12-3-5-13(6-4-12)17(19)15-8-7-14(18)11-16(15)21-2/h3-8,11,17H,9-10,19H2,1-2H3. The summed E-state index contributed by atoms with van der Waals surface area (Å²) in [6.45, 7) is 0.719. The molecule has 0 aromatic heterocycles. The number of ether oxygens (including phenoxy) is 2. The minimum absolute atomic E-state index is 0.242. The number of benzene rings is 2. The molecule has 0 fully saturated rings. The van der Waals surface area contributed by atoms with E-state index >= 15 is 0 Å². The summed E-state index contributed by atoms with van der Waals surface area (Å²) in [6, 6.07) is 13.5. The van der Waals surface area contributed by atoms with E-state index in [4.69, 9.17) is 26.8 Å². The summed E-state index contributed by atoms with van der Waals surface area (Å²) in [7, 11) is 3.33. The molecule has 1 unspecified atom stereocenters. The van der Waals surface area contributed by atoms with Crippen molar-refractivity contribution in [1.29, 1.82) is 0 Å². The van der Waals surface area contributed by atoms with E-state index in [1.54, 1.807) is 20.3 Å². The van der Waals surface area contributed by atoms with Crippen molar-refractivity contribution in [3.05, 3.63) is 64.2 Å². The lowest BCUT2D eigenvalue weighted by Gasteiger charge is -2.17. The molecule has 4 heteroatoms. The summed E-state index contributed by atoms with van der Waals surface area (Å²) in [6.07, 6.45) is 0.899. The van der Waals surface area contributed by atoms with Gasteiger partial charge in [-0.1, -0.05) is 41.9 Å². The van der Waals surface area contributed by atoms with Crippen LogP contribution >= 0.6 is 11.6 Å². The number of hydrogen-bond acceptors (Lipinski definition) is 3. The van der Waals surface area contributed by atoms with E-state index in [-0.39, 0.29) is 6.04 Å². The van der Waals surface area contributed by atoms with Gasteiger partial charge in [-0.25, -0.2) is 0 Å². The van der Waals surface area contributed by atoms with Crippen LogP contribution in [0.25, 0.3) is 0 Å². The Morgan fingerprint density at radius 2 is 1.81 bits per heavy atom. The van der Waals surface area contributed by atoms with Gasteiger partial charge in [-0.3, -0.25) is 0 Å². The second-order valence-electron chi connectivity index (χ2n) is 4.85.